The Bertz CT molecular complexity index is 1070. The second-order valence-electron chi connectivity index (χ2n) is 9.72. The number of benzene rings is 1. The summed E-state index contributed by atoms with van der Waals surface area (Å²) in [7, 11) is 0. The molecular weight excluding hydrogens is 435 g/mol. The van der Waals surface area contributed by atoms with Crippen LogP contribution in [0.4, 0.5) is 13.2 Å². The molecule has 1 saturated carbocycles. The zero-order valence-corrected chi connectivity index (χ0v) is 19.3. The molecule has 1 aromatic heterocycles. The number of carbonyl (C=O) groups is 1. The van der Waals surface area contributed by atoms with Gasteiger partial charge in [0.15, 0.2) is 11.5 Å². The Labute approximate surface area is 190 Å². The number of amides is 1. The minimum absolute atomic E-state index is 0.0107. The SMILES string of the molecule is CC(C)c1ncc(C(=O)NC2C(C)(C)C(Oc3ccc(C#N)c(C(F)(F)F)c3)C2(C)C)nn1. The molecule has 3 rings (SSSR count). The first-order valence-corrected chi connectivity index (χ1v) is 10.5. The molecule has 1 heterocycles. The van der Waals surface area contributed by atoms with E-state index in [0.717, 1.165) is 12.1 Å². The quantitative estimate of drug-likeness (QED) is 0.704. The molecule has 176 valence electrons. The zero-order valence-electron chi connectivity index (χ0n) is 19.3. The van der Waals surface area contributed by atoms with Gasteiger partial charge in [-0.2, -0.15) is 18.4 Å². The summed E-state index contributed by atoms with van der Waals surface area (Å²) >= 11 is 0. The monoisotopic (exact) mass is 461 g/mol. The van der Waals surface area contributed by atoms with Crippen molar-refractivity contribution in [3.8, 4) is 11.8 Å². The van der Waals surface area contributed by atoms with Crippen LogP contribution in [0.5, 0.6) is 5.75 Å². The van der Waals surface area contributed by atoms with Gasteiger partial charge in [0.25, 0.3) is 5.91 Å². The van der Waals surface area contributed by atoms with E-state index >= 15 is 0 Å². The van der Waals surface area contributed by atoms with Crippen molar-refractivity contribution in [3.63, 3.8) is 0 Å². The number of carbonyl (C=O) groups excluding carboxylic acids is 1. The van der Waals surface area contributed by atoms with Crippen LogP contribution in [0, 0.1) is 22.2 Å². The average molecular weight is 461 g/mol. The summed E-state index contributed by atoms with van der Waals surface area (Å²) in [5.41, 5.74) is -2.64. The molecule has 7 nitrogen and oxygen atoms in total. The Hall–Kier alpha value is -3.22. The number of nitrogens with zero attached hydrogens (tertiary/aromatic N) is 4. The Morgan fingerprint density at radius 3 is 2.30 bits per heavy atom. The highest BCUT2D eigenvalue weighted by Gasteiger charge is 2.64. The van der Waals surface area contributed by atoms with Gasteiger partial charge in [0, 0.05) is 22.8 Å². The highest BCUT2D eigenvalue weighted by Crippen LogP contribution is 2.55. The number of ether oxygens (including phenoxy) is 1. The Morgan fingerprint density at radius 1 is 1.18 bits per heavy atom. The van der Waals surface area contributed by atoms with Gasteiger partial charge >= 0.3 is 6.18 Å². The van der Waals surface area contributed by atoms with Crippen LogP contribution in [0.15, 0.2) is 24.4 Å². The van der Waals surface area contributed by atoms with Crippen molar-refractivity contribution in [2.24, 2.45) is 10.8 Å². The molecule has 1 N–H and O–H groups in total. The Kier molecular flexibility index (Phi) is 6.13. The first-order chi connectivity index (χ1) is 15.2. The molecule has 0 radical (unpaired) electrons. The van der Waals surface area contributed by atoms with Crippen molar-refractivity contribution in [2.75, 3.05) is 0 Å². The summed E-state index contributed by atoms with van der Waals surface area (Å²) in [4.78, 5) is 16.9. The van der Waals surface area contributed by atoms with E-state index in [4.69, 9.17) is 10.00 Å². The number of nitrogens with one attached hydrogen (secondary N) is 1. The normalized spacial score (nSPS) is 21.1. The van der Waals surface area contributed by atoms with Gasteiger partial charge in [-0.15, -0.1) is 10.2 Å². The highest BCUT2D eigenvalue weighted by molar-refractivity contribution is 5.92. The minimum atomic E-state index is -4.67. The molecule has 0 saturated heterocycles. The fraction of sp³-hybridized carbons (Fsp3) is 0.522. The number of alkyl halides is 3. The molecule has 0 spiro atoms. The average Bonchev–Trinajstić information content (AvgIpc) is 2.74. The number of aromatic nitrogens is 3. The maximum atomic E-state index is 13.3. The van der Waals surface area contributed by atoms with Crippen LogP contribution < -0.4 is 10.1 Å². The summed E-state index contributed by atoms with van der Waals surface area (Å²) < 4.78 is 45.9. The van der Waals surface area contributed by atoms with E-state index in [2.05, 4.69) is 20.5 Å². The molecule has 1 aliphatic carbocycles. The third-order valence-electron chi connectivity index (χ3n) is 6.11. The third kappa shape index (κ3) is 4.49. The molecule has 10 heteroatoms. The lowest BCUT2D eigenvalue weighted by molar-refractivity contribution is -0.164. The van der Waals surface area contributed by atoms with Crippen molar-refractivity contribution >= 4 is 5.91 Å². The molecule has 0 atom stereocenters. The molecular formula is C23H26F3N5O2. The van der Waals surface area contributed by atoms with E-state index in [0.29, 0.717) is 5.82 Å². The molecule has 1 aliphatic rings. The Balaban J connectivity index is 1.78. The van der Waals surface area contributed by atoms with Gasteiger partial charge in [0.05, 0.1) is 23.4 Å². The number of halogens is 3. The largest absolute Gasteiger partial charge is 0.489 e. The second-order valence-corrected chi connectivity index (χ2v) is 9.72. The first-order valence-electron chi connectivity index (χ1n) is 10.5. The summed E-state index contributed by atoms with van der Waals surface area (Å²) in [5.74, 6) is 0.186. The van der Waals surface area contributed by atoms with E-state index in [-0.39, 0.29) is 23.4 Å². The van der Waals surface area contributed by atoms with Crippen LogP contribution >= 0.6 is 0 Å². The molecule has 1 amide bonds. The fourth-order valence-electron chi connectivity index (χ4n) is 4.72. The summed E-state index contributed by atoms with van der Waals surface area (Å²) in [6, 6.07) is 4.50. The molecule has 33 heavy (non-hydrogen) atoms. The van der Waals surface area contributed by atoms with Gasteiger partial charge in [-0.1, -0.05) is 41.5 Å². The third-order valence-corrected chi connectivity index (χ3v) is 6.11. The molecule has 0 unspecified atom stereocenters. The molecule has 2 aromatic rings. The van der Waals surface area contributed by atoms with Crippen LogP contribution in [0.25, 0.3) is 0 Å². The zero-order chi connectivity index (χ0) is 24.8. The van der Waals surface area contributed by atoms with Crippen molar-refractivity contribution in [2.45, 2.75) is 65.8 Å². The number of hydrogen-bond donors (Lipinski definition) is 1. The van der Waals surface area contributed by atoms with Crippen molar-refractivity contribution < 1.29 is 22.7 Å². The van der Waals surface area contributed by atoms with E-state index in [1.165, 1.54) is 12.3 Å². The highest BCUT2D eigenvalue weighted by atomic mass is 19.4. The predicted molar refractivity (Wildman–Crippen MR) is 113 cm³/mol. The first kappa shape index (κ1) is 24.4. The van der Waals surface area contributed by atoms with Gasteiger partial charge in [-0.05, 0) is 18.2 Å². The van der Waals surface area contributed by atoms with E-state index in [1.54, 1.807) is 6.07 Å². The second kappa shape index (κ2) is 8.28. The summed E-state index contributed by atoms with van der Waals surface area (Å²) in [6.45, 7) is 11.3. The maximum Gasteiger partial charge on any atom is 0.417 e. The van der Waals surface area contributed by atoms with E-state index in [1.807, 2.05) is 41.5 Å². The Morgan fingerprint density at radius 2 is 1.82 bits per heavy atom. The fourth-order valence-corrected chi connectivity index (χ4v) is 4.72. The van der Waals surface area contributed by atoms with Crippen molar-refractivity contribution in [1.29, 1.82) is 5.26 Å². The van der Waals surface area contributed by atoms with E-state index < -0.39 is 40.1 Å². The summed E-state index contributed by atoms with van der Waals surface area (Å²) in [5, 5.41) is 19.9. The number of nitriles is 1. The lowest BCUT2D eigenvalue weighted by Gasteiger charge is -2.63. The standard InChI is InChI=1S/C23H26F3N5O2/c1-12(2)17-28-11-16(30-31-17)18(32)29-19-21(3,4)20(22(19,5)6)33-14-8-7-13(10-27)15(9-14)23(24,25)26/h7-9,11-12,19-20H,1-6H3,(H,29,32). The van der Waals surface area contributed by atoms with Gasteiger partial charge < -0.3 is 10.1 Å². The lowest BCUT2D eigenvalue weighted by atomic mass is 9.49. The van der Waals surface area contributed by atoms with Crippen LogP contribution in [-0.4, -0.2) is 33.2 Å². The lowest BCUT2D eigenvalue weighted by Crippen LogP contribution is -2.74. The molecule has 0 bridgehead atoms. The van der Waals surface area contributed by atoms with Gasteiger partial charge in [0.1, 0.15) is 11.9 Å². The van der Waals surface area contributed by atoms with Gasteiger partial charge in [0.2, 0.25) is 0 Å². The molecule has 0 aliphatic heterocycles. The molecule has 1 aromatic carbocycles. The maximum absolute atomic E-state index is 13.3. The predicted octanol–water partition coefficient (Wildman–Crippen LogP) is 4.50. The van der Waals surface area contributed by atoms with Crippen molar-refractivity contribution in [1.82, 2.24) is 20.5 Å². The van der Waals surface area contributed by atoms with Gasteiger partial charge in [-0.25, -0.2) is 4.98 Å². The summed E-state index contributed by atoms with van der Waals surface area (Å²) in [6.07, 6.45) is -3.80. The molecule has 1 fully saturated rings. The topological polar surface area (TPSA) is 101 Å². The van der Waals surface area contributed by atoms with Crippen LogP contribution in [0.1, 0.15) is 74.9 Å². The van der Waals surface area contributed by atoms with E-state index in [9.17, 15) is 18.0 Å². The van der Waals surface area contributed by atoms with Crippen LogP contribution in [-0.2, 0) is 6.18 Å². The number of rotatable bonds is 5. The van der Waals surface area contributed by atoms with Crippen molar-refractivity contribution in [3.05, 3.63) is 47.0 Å². The van der Waals surface area contributed by atoms with Gasteiger partial charge in [-0.3, -0.25) is 4.79 Å². The van der Waals surface area contributed by atoms with Crippen LogP contribution in [0.2, 0.25) is 0 Å². The smallest absolute Gasteiger partial charge is 0.417 e. The minimum Gasteiger partial charge on any atom is -0.489 e. The van der Waals surface area contributed by atoms with Crippen LogP contribution in [0.3, 0.4) is 0 Å². The number of hydrogen-bond acceptors (Lipinski definition) is 6.